The van der Waals surface area contributed by atoms with Crippen molar-refractivity contribution in [3.63, 3.8) is 0 Å². The third kappa shape index (κ3) is 2.73. The van der Waals surface area contributed by atoms with E-state index in [4.69, 9.17) is 4.74 Å². The molecular formula is C14H16F2N2O3. The van der Waals surface area contributed by atoms with Crippen molar-refractivity contribution in [1.82, 2.24) is 10.2 Å². The number of rotatable bonds is 5. The van der Waals surface area contributed by atoms with Crippen LogP contribution < -0.4 is 5.32 Å². The van der Waals surface area contributed by atoms with Crippen molar-refractivity contribution < 1.29 is 23.1 Å². The minimum absolute atomic E-state index is 0.0605. The fraction of sp³-hybridized carbons (Fsp3) is 0.429. The molecule has 0 saturated carbocycles. The summed E-state index contributed by atoms with van der Waals surface area (Å²) < 4.78 is 32.3. The van der Waals surface area contributed by atoms with Crippen LogP contribution in [0.15, 0.2) is 18.2 Å². The van der Waals surface area contributed by atoms with Crippen molar-refractivity contribution in [1.29, 1.82) is 0 Å². The van der Waals surface area contributed by atoms with E-state index in [-0.39, 0.29) is 18.7 Å². The molecule has 1 heterocycles. The third-order valence-electron chi connectivity index (χ3n) is 3.41. The monoisotopic (exact) mass is 298 g/mol. The molecule has 114 valence electrons. The minimum atomic E-state index is -1.62. The van der Waals surface area contributed by atoms with E-state index in [0.29, 0.717) is 6.61 Å². The Kier molecular flexibility index (Phi) is 4.22. The lowest BCUT2D eigenvalue weighted by atomic mass is 9.91. The number of hydrogen-bond acceptors (Lipinski definition) is 3. The van der Waals surface area contributed by atoms with Gasteiger partial charge in [-0.25, -0.2) is 13.6 Å². The zero-order valence-electron chi connectivity index (χ0n) is 11.8. The summed E-state index contributed by atoms with van der Waals surface area (Å²) in [6, 6.07) is 2.15. The van der Waals surface area contributed by atoms with Crippen LogP contribution in [0.1, 0.15) is 19.4 Å². The molecule has 2 rings (SSSR count). The fourth-order valence-corrected chi connectivity index (χ4v) is 2.26. The number of carbonyl (C=O) groups is 2. The molecule has 1 atom stereocenters. The Hall–Kier alpha value is -2.02. The summed E-state index contributed by atoms with van der Waals surface area (Å²) in [5, 5.41) is 2.42. The number of nitrogens with one attached hydrogen (secondary N) is 1. The first-order chi connectivity index (χ1) is 9.90. The van der Waals surface area contributed by atoms with Gasteiger partial charge in [0.05, 0.1) is 13.2 Å². The summed E-state index contributed by atoms with van der Waals surface area (Å²) in [7, 11) is 0. The second kappa shape index (κ2) is 5.77. The first-order valence-electron chi connectivity index (χ1n) is 6.57. The Balaban J connectivity index is 2.29. The van der Waals surface area contributed by atoms with E-state index in [1.807, 2.05) is 0 Å². The van der Waals surface area contributed by atoms with Crippen molar-refractivity contribution >= 4 is 11.9 Å². The molecule has 1 aliphatic rings. The molecule has 0 aromatic heterocycles. The number of imide groups is 1. The molecule has 1 saturated heterocycles. The van der Waals surface area contributed by atoms with E-state index in [9.17, 15) is 18.4 Å². The number of benzene rings is 1. The highest BCUT2D eigenvalue weighted by atomic mass is 19.1. The number of hydrogen-bond donors (Lipinski definition) is 1. The molecule has 7 heteroatoms. The van der Waals surface area contributed by atoms with Crippen LogP contribution in [0.3, 0.4) is 0 Å². The maximum Gasteiger partial charge on any atom is 0.325 e. The Morgan fingerprint density at radius 1 is 1.33 bits per heavy atom. The fourth-order valence-electron chi connectivity index (χ4n) is 2.26. The molecule has 5 nitrogen and oxygen atoms in total. The van der Waals surface area contributed by atoms with Gasteiger partial charge in [0.15, 0.2) is 0 Å². The number of halogens is 2. The van der Waals surface area contributed by atoms with Crippen molar-refractivity contribution in [2.45, 2.75) is 19.4 Å². The molecule has 1 fully saturated rings. The maximum absolute atomic E-state index is 13.9. The average molecular weight is 298 g/mol. The average Bonchev–Trinajstić information content (AvgIpc) is 2.66. The van der Waals surface area contributed by atoms with Crippen LogP contribution in [-0.4, -0.2) is 36.6 Å². The second-order valence-electron chi connectivity index (χ2n) is 4.83. The molecule has 0 spiro atoms. The van der Waals surface area contributed by atoms with Gasteiger partial charge in [0.2, 0.25) is 0 Å². The topological polar surface area (TPSA) is 58.6 Å². The first-order valence-corrected chi connectivity index (χ1v) is 6.57. The van der Waals surface area contributed by atoms with Crippen LogP contribution in [0.5, 0.6) is 0 Å². The molecule has 1 aliphatic heterocycles. The van der Waals surface area contributed by atoms with Gasteiger partial charge in [-0.1, -0.05) is 0 Å². The zero-order valence-corrected chi connectivity index (χ0v) is 11.8. The Morgan fingerprint density at radius 2 is 2.05 bits per heavy atom. The van der Waals surface area contributed by atoms with Crippen molar-refractivity contribution in [2.24, 2.45) is 0 Å². The van der Waals surface area contributed by atoms with Crippen LogP contribution in [0.4, 0.5) is 13.6 Å². The molecule has 1 aromatic carbocycles. The van der Waals surface area contributed by atoms with Crippen molar-refractivity contribution in [3.05, 3.63) is 35.4 Å². The van der Waals surface area contributed by atoms with Gasteiger partial charge in [0.1, 0.15) is 17.2 Å². The van der Waals surface area contributed by atoms with Crippen molar-refractivity contribution in [2.75, 3.05) is 19.8 Å². The van der Waals surface area contributed by atoms with Gasteiger partial charge in [-0.15, -0.1) is 0 Å². The zero-order chi connectivity index (χ0) is 15.6. The predicted molar refractivity (Wildman–Crippen MR) is 70.4 cm³/mol. The summed E-state index contributed by atoms with van der Waals surface area (Å²) in [6.45, 7) is 3.85. The minimum Gasteiger partial charge on any atom is -0.380 e. The van der Waals surface area contributed by atoms with Gasteiger partial charge in [-0.2, -0.15) is 0 Å². The summed E-state index contributed by atoms with van der Waals surface area (Å²) >= 11 is 0. The Bertz CT molecular complexity index is 579. The quantitative estimate of drug-likeness (QED) is 0.666. The Morgan fingerprint density at radius 3 is 2.71 bits per heavy atom. The second-order valence-corrected chi connectivity index (χ2v) is 4.83. The largest absolute Gasteiger partial charge is 0.380 e. The van der Waals surface area contributed by atoms with Gasteiger partial charge in [-0.05, 0) is 32.0 Å². The summed E-state index contributed by atoms with van der Waals surface area (Å²) in [5.74, 6) is -2.06. The van der Waals surface area contributed by atoms with E-state index in [0.717, 1.165) is 23.1 Å². The number of amides is 3. The van der Waals surface area contributed by atoms with Crippen molar-refractivity contribution in [3.8, 4) is 0 Å². The molecule has 1 unspecified atom stereocenters. The Labute approximate surface area is 120 Å². The normalized spacial score (nSPS) is 21.8. The van der Waals surface area contributed by atoms with E-state index < -0.39 is 29.1 Å². The summed E-state index contributed by atoms with van der Waals surface area (Å²) in [4.78, 5) is 25.2. The highest BCUT2D eigenvalue weighted by Crippen LogP contribution is 2.30. The SMILES string of the molecule is CCOCCN1C(=O)NC(C)(c2cc(F)ccc2F)C1=O. The van der Waals surface area contributed by atoms with E-state index >= 15 is 0 Å². The molecule has 21 heavy (non-hydrogen) atoms. The smallest absolute Gasteiger partial charge is 0.325 e. The molecule has 0 bridgehead atoms. The lowest BCUT2D eigenvalue weighted by Gasteiger charge is -2.22. The molecule has 1 aromatic rings. The van der Waals surface area contributed by atoms with Crippen LogP contribution in [0.25, 0.3) is 0 Å². The van der Waals surface area contributed by atoms with Crippen LogP contribution in [0.2, 0.25) is 0 Å². The first kappa shape index (κ1) is 15.4. The number of carbonyl (C=O) groups excluding carboxylic acids is 2. The van der Waals surface area contributed by atoms with Crippen LogP contribution >= 0.6 is 0 Å². The maximum atomic E-state index is 13.9. The van der Waals surface area contributed by atoms with Gasteiger partial charge < -0.3 is 10.1 Å². The highest BCUT2D eigenvalue weighted by molar-refractivity contribution is 6.07. The van der Waals surface area contributed by atoms with E-state index in [1.54, 1.807) is 6.92 Å². The molecule has 1 N–H and O–H groups in total. The van der Waals surface area contributed by atoms with E-state index in [1.165, 1.54) is 6.92 Å². The molecular weight excluding hydrogens is 282 g/mol. The number of nitrogens with zero attached hydrogens (tertiary/aromatic N) is 1. The van der Waals surface area contributed by atoms with Crippen LogP contribution in [-0.2, 0) is 15.1 Å². The van der Waals surface area contributed by atoms with Crippen LogP contribution in [0, 0.1) is 11.6 Å². The molecule has 3 amide bonds. The molecule has 0 radical (unpaired) electrons. The number of urea groups is 1. The standard InChI is InChI=1S/C14H16F2N2O3/c1-3-21-7-6-18-12(19)14(2,17-13(18)20)10-8-9(15)4-5-11(10)16/h4-5,8H,3,6-7H2,1-2H3,(H,17,20). The van der Waals surface area contributed by atoms with Gasteiger partial charge >= 0.3 is 6.03 Å². The van der Waals surface area contributed by atoms with Gasteiger partial charge in [-0.3, -0.25) is 9.69 Å². The lowest BCUT2D eigenvalue weighted by Crippen LogP contribution is -2.42. The van der Waals surface area contributed by atoms with Gasteiger partial charge in [0.25, 0.3) is 5.91 Å². The highest BCUT2D eigenvalue weighted by Gasteiger charge is 2.50. The number of ether oxygens (including phenoxy) is 1. The molecule has 0 aliphatic carbocycles. The van der Waals surface area contributed by atoms with E-state index in [2.05, 4.69) is 5.32 Å². The van der Waals surface area contributed by atoms with Gasteiger partial charge in [0, 0.05) is 12.2 Å². The summed E-state index contributed by atoms with van der Waals surface area (Å²) in [5.41, 5.74) is -1.81. The summed E-state index contributed by atoms with van der Waals surface area (Å²) in [6.07, 6.45) is 0. The predicted octanol–water partition coefficient (Wildman–Crippen LogP) is 1.77. The third-order valence-corrected chi connectivity index (χ3v) is 3.41. The lowest BCUT2D eigenvalue weighted by molar-refractivity contribution is -0.131.